The van der Waals surface area contributed by atoms with Gasteiger partial charge in [-0.2, -0.15) is 0 Å². The van der Waals surface area contributed by atoms with Gasteiger partial charge in [0, 0.05) is 22.7 Å². The maximum Gasteiger partial charge on any atom is 0.336 e. The number of allylic oxidation sites excluding steroid dienone is 2. The molecule has 1 heterocycles. The summed E-state index contributed by atoms with van der Waals surface area (Å²) in [6.45, 7) is 5.45. The molecule has 130 valence electrons. The molecule has 7 heteroatoms. The lowest BCUT2D eigenvalue weighted by molar-refractivity contribution is -0.137. The van der Waals surface area contributed by atoms with Crippen LogP contribution in [-0.4, -0.2) is 36.9 Å². The first kappa shape index (κ1) is 19.8. The van der Waals surface area contributed by atoms with E-state index >= 15 is 0 Å². The van der Waals surface area contributed by atoms with E-state index in [-0.39, 0.29) is 5.38 Å². The van der Waals surface area contributed by atoms with Crippen LogP contribution in [0.25, 0.3) is 0 Å². The largest absolute Gasteiger partial charge is 0.466 e. The normalized spacial score (nSPS) is 18.4. The molecule has 0 bridgehead atoms. The van der Waals surface area contributed by atoms with E-state index in [1.165, 1.54) is 14.2 Å². The molecule has 5 nitrogen and oxygen atoms in total. The van der Waals surface area contributed by atoms with Crippen molar-refractivity contribution in [3.63, 3.8) is 0 Å². The van der Waals surface area contributed by atoms with Gasteiger partial charge in [-0.15, -0.1) is 23.2 Å². The molecule has 1 N–H and O–H groups in total. The summed E-state index contributed by atoms with van der Waals surface area (Å²) < 4.78 is 9.74. The third-order valence-corrected chi connectivity index (χ3v) is 5.16. The number of methoxy groups -OCH3 is 2. The van der Waals surface area contributed by atoms with E-state index in [0.29, 0.717) is 35.4 Å². The second-order valence-corrected chi connectivity index (χ2v) is 6.54. The molecular formula is C16H23Cl2NO4. The number of hydrogen-bond acceptors (Lipinski definition) is 5. The van der Waals surface area contributed by atoms with Crippen LogP contribution in [0.15, 0.2) is 22.5 Å². The Bertz CT molecular complexity index is 504. The van der Waals surface area contributed by atoms with Crippen LogP contribution < -0.4 is 5.32 Å². The van der Waals surface area contributed by atoms with Gasteiger partial charge in [0.05, 0.1) is 30.7 Å². The molecule has 1 rings (SSSR count). The quantitative estimate of drug-likeness (QED) is 0.580. The number of dihydropyridines is 1. The third kappa shape index (κ3) is 4.42. The van der Waals surface area contributed by atoms with Gasteiger partial charge in [-0.25, -0.2) is 9.59 Å². The fourth-order valence-corrected chi connectivity index (χ4v) is 3.22. The van der Waals surface area contributed by atoms with Crippen molar-refractivity contribution in [2.75, 3.05) is 14.2 Å². The summed E-state index contributed by atoms with van der Waals surface area (Å²) in [6, 6.07) is 0. The second kappa shape index (κ2) is 8.60. The zero-order valence-electron chi connectivity index (χ0n) is 14.0. The van der Waals surface area contributed by atoms with Crippen LogP contribution in [0.3, 0.4) is 0 Å². The molecule has 2 unspecified atom stereocenters. The molecule has 1 aliphatic heterocycles. The van der Waals surface area contributed by atoms with E-state index in [1.807, 2.05) is 6.92 Å². The number of carbonyl (C=O) groups excluding carboxylic acids is 2. The van der Waals surface area contributed by atoms with Gasteiger partial charge in [0.25, 0.3) is 0 Å². The average molecular weight is 364 g/mol. The fourth-order valence-electron chi connectivity index (χ4n) is 2.76. The third-order valence-electron chi connectivity index (χ3n) is 3.93. The van der Waals surface area contributed by atoms with E-state index in [0.717, 1.165) is 0 Å². The van der Waals surface area contributed by atoms with Crippen LogP contribution in [0.5, 0.6) is 0 Å². The standard InChI is InChI=1S/C16H23Cl2NO4/c1-6-11(17)12(18)7-10-13(15(20)22-4)8(2)19-9(3)14(10)16(21)23-5/h10-12,19H,6-7H2,1-5H3. The summed E-state index contributed by atoms with van der Waals surface area (Å²) in [6.07, 6.45) is 1.03. The second-order valence-electron chi connectivity index (χ2n) is 5.41. The van der Waals surface area contributed by atoms with Crippen molar-refractivity contribution in [2.24, 2.45) is 5.92 Å². The Morgan fingerprint density at radius 2 is 1.48 bits per heavy atom. The van der Waals surface area contributed by atoms with E-state index in [2.05, 4.69) is 5.32 Å². The van der Waals surface area contributed by atoms with Crippen molar-refractivity contribution >= 4 is 35.1 Å². The Labute approximate surface area is 147 Å². The predicted octanol–water partition coefficient (Wildman–Crippen LogP) is 3.11. The number of ether oxygens (including phenoxy) is 2. The van der Waals surface area contributed by atoms with Crippen molar-refractivity contribution in [1.82, 2.24) is 5.32 Å². The highest BCUT2D eigenvalue weighted by atomic mass is 35.5. The minimum atomic E-state index is -0.522. The van der Waals surface area contributed by atoms with Gasteiger partial charge < -0.3 is 14.8 Å². The van der Waals surface area contributed by atoms with Crippen molar-refractivity contribution in [2.45, 2.75) is 44.4 Å². The molecule has 2 atom stereocenters. The minimum absolute atomic E-state index is 0.259. The van der Waals surface area contributed by atoms with Crippen molar-refractivity contribution in [3.05, 3.63) is 22.5 Å². The first-order valence-electron chi connectivity index (χ1n) is 7.41. The number of rotatable bonds is 6. The number of carbonyl (C=O) groups is 2. The van der Waals surface area contributed by atoms with Gasteiger partial charge in [-0.3, -0.25) is 0 Å². The molecule has 1 aliphatic rings. The molecule has 0 amide bonds. The smallest absolute Gasteiger partial charge is 0.336 e. The van der Waals surface area contributed by atoms with Gasteiger partial charge in [0.2, 0.25) is 0 Å². The number of alkyl halides is 2. The first-order valence-corrected chi connectivity index (χ1v) is 8.28. The molecule has 0 aromatic heterocycles. The van der Waals surface area contributed by atoms with E-state index in [4.69, 9.17) is 32.7 Å². The summed E-state index contributed by atoms with van der Waals surface area (Å²) >= 11 is 12.6. The minimum Gasteiger partial charge on any atom is -0.466 e. The molecule has 0 fully saturated rings. The summed E-state index contributed by atoms with van der Waals surface area (Å²) in [4.78, 5) is 24.4. The Hall–Kier alpha value is -1.20. The summed E-state index contributed by atoms with van der Waals surface area (Å²) in [7, 11) is 2.61. The summed E-state index contributed by atoms with van der Waals surface area (Å²) in [5.41, 5.74) is 2.03. The SMILES string of the molecule is CCC(Cl)C(Cl)CC1C(C(=O)OC)=C(C)NC(C)=C1C(=O)OC. The van der Waals surface area contributed by atoms with Gasteiger partial charge in [0.1, 0.15) is 0 Å². The highest BCUT2D eigenvalue weighted by Gasteiger charge is 2.38. The zero-order chi connectivity index (χ0) is 17.7. The number of esters is 2. The van der Waals surface area contributed by atoms with Crippen LogP contribution in [0.1, 0.15) is 33.6 Å². The van der Waals surface area contributed by atoms with Crippen molar-refractivity contribution in [3.8, 4) is 0 Å². The number of nitrogens with one attached hydrogen (secondary N) is 1. The number of halogens is 2. The van der Waals surface area contributed by atoms with Gasteiger partial charge in [0.15, 0.2) is 0 Å². The zero-order valence-corrected chi connectivity index (χ0v) is 15.5. The Kier molecular flexibility index (Phi) is 7.42. The molecule has 0 saturated heterocycles. The van der Waals surface area contributed by atoms with Gasteiger partial charge in [-0.1, -0.05) is 6.92 Å². The van der Waals surface area contributed by atoms with Crippen LogP contribution in [-0.2, 0) is 19.1 Å². The molecule has 23 heavy (non-hydrogen) atoms. The van der Waals surface area contributed by atoms with Gasteiger partial charge >= 0.3 is 11.9 Å². The highest BCUT2D eigenvalue weighted by molar-refractivity contribution is 6.30. The summed E-state index contributed by atoms with van der Waals surface area (Å²) in [5, 5.41) is 2.38. The molecule has 0 saturated carbocycles. The Balaban J connectivity index is 3.31. The Morgan fingerprint density at radius 3 is 1.83 bits per heavy atom. The van der Waals surface area contributed by atoms with Crippen molar-refractivity contribution in [1.29, 1.82) is 0 Å². The topological polar surface area (TPSA) is 64.6 Å². The van der Waals surface area contributed by atoms with E-state index in [1.54, 1.807) is 13.8 Å². The van der Waals surface area contributed by atoms with Gasteiger partial charge in [-0.05, 0) is 26.7 Å². The van der Waals surface area contributed by atoms with Crippen LogP contribution in [0.4, 0.5) is 0 Å². The average Bonchev–Trinajstić information content (AvgIpc) is 2.52. The van der Waals surface area contributed by atoms with E-state index < -0.39 is 23.2 Å². The molecule has 0 aromatic rings. The lowest BCUT2D eigenvalue weighted by Crippen LogP contribution is -2.35. The molecule has 0 radical (unpaired) electrons. The highest BCUT2D eigenvalue weighted by Crippen LogP contribution is 2.36. The molecular weight excluding hydrogens is 341 g/mol. The summed E-state index contributed by atoms with van der Waals surface area (Å²) in [5.74, 6) is -1.52. The molecule has 0 spiro atoms. The number of hydrogen-bond donors (Lipinski definition) is 1. The predicted molar refractivity (Wildman–Crippen MR) is 90.2 cm³/mol. The van der Waals surface area contributed by atoms with Crippen LogP contribution >= 0.6 is 23.2 Å². The first-order chi connectivity index (χ1) is 10.8. The lowest BCUT2D eigenvalue weighted by Gasteiger charge is -2.31. The van der Waals surface area contributed by atoms with Crippen LogP contribution in [0, 0.1) is 5.92 Å². The Morgan fingerprint density at radius 1 is 1.04 bits per heavy atom. The fraction of sp³-hybridized carbons (Fsp3) is 0.625. The lowest BCUT2D eigenvalue weighted by atomic mass is 9.81. The van der Waals surface area contributed by atoms with E-state index in [9.17, 15) is 9.59 Å². The monoisotopic (exact) mass is 363 g/mol. The molecule has 0 aromatic carbocycles. The maximum atomic E-state index is 12.2. The van der Waals surface area contributed by atoms with Crippen molar-refractivity contribution < 1.29 is 19.1 Å². The van der Waals surface area contributed by atoms with Crippen LogP contribution in [0.2, 0.25) is 0 Å². The molecule has 0 aliphatic carbocycles. The maximum absolute atomic E-state index is 12.2.